The van der Waals surface area contributed by atoms with Crippen molar-refractivity contribution in [1.29, 1.82) is 0 Å². The van der Waals surface area contributed by atoms with Crippen molar-refractivity contribution in [3.05, 3.63) is 81.9 Å². The van der Waals surface area contributed by atoms with Crippen LogP contribution in [-0.2, 0) is 13.1 Å². The number of likely N-dealkylation sites (tertiary alicyclic amines) is 1. The zero-order chi connectivity index (χ0) is 25.8. The first-order valence-electron chi connectivity index (χ1n) is 12.6. The second-order valence-electron chi connectivity index (χ2n) is 10.2. The van der Waals surface area contributed by atoms with Crippen LogP contribution in [0.4, 0.5) is 4.79 Å². The van der Waals surface area contributed by atoms with Crippen LogP contribution in [0.5, 0.6) is 0 Å². The Balaban J connectivity index is 1.44. The Morgan fingerprint density at radius 1 is 1.03 bits per heavy atom. The van der Waals surface area contributed by atoms with Crippen molar-refractivity contribution in [2.45, 2.75) is 52.7 Å². The number of carboxylic acid groups (broad SMARTS) is 1. The van der Waals surface area contributed by atoms with Gasteiger partial charge >= 0.3 is 6.09 Å². The van der Waals surface area contributed by atoms with E-state index in [1.165, 1.54) is 4.90 Å². The minimum Gasteiger partial charge on any atom is -0.465 e. The number of nitrogens with zero attached hydrogens (tertiary/aromatic N) is 4. The van der Waals surface area contributed by atoms with Gasteiger partial charge in [0.1, 0.15) is 5.65 Å². The smallest absolute Gasteiger partial charge is 0.407 e. The first-order chi connectivity index (χ1) is 17.8. The molecule has 0 bridgehead atoms. The summed E-state index contributed by atoms with van der Waals surface area (Å²) in [5, 5.41) is 11.0. The molecule has 0 unspecified atom stereocenters. The molecule has 37 heavy (non-hydrogen) atoms. The van der Waals surface area contributed by atoms with Crippen molar-refractivity contribution >= 4 is 23.0 Å². The molecule has 6 rings (SSSR count). The van der Waals surface area contributed by atoms with Crippen molar-refractivity contribution in [3.8, 4) is 11.1 Å². The van der Waals surface area contributed by atoms with E-state index in [0.29, 0.717) is 25.2 Å². The molecule has 2 amide bonds. The number of nitrogens with one attached hydrogen (secondary N) is 1. The van der Waals surface area contributed by atoms with Gasteiger partial charge in [-0.15, -0.1) is 0 Å². The first kappa shape index (κ1) is 23.2. The molecule has 188 valence electrons. The first-order valence-corrected chi connectivity index (χ1v) is 12.6. The van der Waals surface area contributed by atoms with Crippen molar-refractivity contribution in [2.75, 3.05) is 6.54 Å². The van der Waals surface area contributed by atoms with Gasteiger partial charge in [-0.3, -0.25) is 9.78 Å². The van der Waals surface area contributed by atoms with Crippen LogP contribution in [0, 0.1) is 20.8 Å². The molecule has 2 aliphatic heterocycles. The highest BCUT2D eigenvalue weighted by molar-refractivity contribution is 5.95. The number of H-pyrrole nitrogens is 1. The highest BCUT2D eigenvalue weighted by Gasteiger charge is 2.35. The van der Waals surface area contributed by atoms with E-state index in [1.54, 1.807) is 0 Å². The van der Waals surface area contributed by atoms with Crippen LogP contribution >= 0.6 is 0 Å². The fourth-order valence-electron chi connectivity index (χ4n) is 5.90. The molecular formula is C29H29N5O3. The Morgan fingerprint density at radius 3 is 2.57 bits per heavy atom. The summed E-state index contributed by atoms with van der Waals surface area (Å²) < 4.78 is 0. The number of rotatable bonds is 3. The number of amides is 2. The van der Waals surface area contributed by atoms with Crippen LogP contribution in [0.2, 0.25) is 0 Å². The Kier molecular flexibility index (Phi) is 5.47. The lowest BCUT2D eigenvalue weighted by molar-refractivity contribution is 0.0750. The van der Waals surface area contributed by atoms with E-state index in [9.17, 15) is 14.7 Å². The average Bonchev–Trinajstić information content (AvgIpc) is 3.60. The summed E-state index contributed by atoms with van der Waals surface area (Å²) in [6, 6.07) is 9.81. The van der Waals surface area contributed by atoms with E-state index >= 15 is 0 Å². The lowest BCUT2D eigenvalue weighted by Crippen LogP contribution is -2.29. The number of fused-ring (bicyclic) bond motifs is 2. The van der Waals surface area contributed by atoms with Crippen LogP contribution in [0.3, 0.4) is 0 Å². The number of hydrogen-bond donors (Lipinski definition) is 2. The van der Waals surface area contributed by atoms with Gasteiger partial charge in [0, 0.05) is 59.9 Å². The molecule has 2 N–H and O–H groups in total. The second kappa shape index (κ2) is 8.73. The monoisotopic (exact) mass is 495 g/mol. The second-order valence-corrected chi connectivity index (χ2v) is 10.2. The molecule has 0 radical (unpaired) electrons. The van der Waals surface area contributed by atoms with Crippen LogP contribution in [0.25, 0.3) is 22.2 Å². The molecule has 0 spiro atoms. The number of pyridine rings is 2. The normalized spacial score (nSPS) is 17.0. The van der Waals surface area contributed by atoms with Crippen molar-refractivity contribution in [3.63, 3.8) is 0 Å². The number of benzene rings is 1. The molecule has 0 saturated carbocycles. The summed E-state index contributed by atoms with van der Waals surface area (Å²) in [6.07, 6.45) is 4.50. The Morgan fingerprint density at radius 2 is 1.81 bits per heavy atom. The Hall–Kier alpha value is -4.20. The molecule has 1 saturated heterocycles. The van der Waals surface area contributed by atoms with Crippen molar-refractivity contribution in [2.24, 2.45) is 0 Å². The summed E-state index contributed by atoms with van der Waals surface area (Å²) in [5.41, 5.74) is 9.31. The fourth-order valence-corrected chi connectivity index (χ4v) is 5.90. The zero-order valence-electron chi connectivity index (χ0n) is 21.2. The van der Waals surface area contributed by atoms with Crippen molar-refractivity contribution in [1.82, 2.24) is 24.8 Å². The fraction of sp³-hybridized carbons (Fsp3) is 0.310. The summed E-state index contributed by atoms with van der Waals surface area (Å²) >= 11 is 0. The number of carbonyl (C=O) groups is 2. The number of carbonyl (C=O) groups excluding carboxylic acids is 1. The third-order valence-electron chi connectivity index (χ3n) is 7.63. The van der Waals surface area contributed by atoms with Gasteiger partial charge in [-0.2, -0.15) is 0 Å². The summed E-state index contributed by atoms with van der Waals surface area (Å²) in [4.78, 5) is 41.2. The Bertz CT molecular complexity index is 1550. The van der Waals surface area contributed by atoms with Gasteiger partial charge in [-0.25, -0.2) is 9.78 Å². The van der Waals surface area contributed by atoms with Crippen LogP contribution in [0.1, 0.15) is 62.9 Å². The third-order valence-corrected chi connectivity index (χ3v) is 7.63. The van der Waals surface area contributed by atoms with Crippen LogP contribution in [0.15, 0.2) is 42.7 Å². The van der Waals surface area contributed by atoms with E-state index in [0.717, 1.165) is 68.6 Å². The Labute approximate surface area is 215 Å². The standard InChI is InChI=1S/C29H29N5O3/c1-16-12-30-27-23(16)11-21(13-31-27)19-9-22-14-33(28(35)20-7-17(2)32-18(3)8-20)15-25(22)24(10-19)26-5-4-6-34(26)29(36)37/h7-13,26H,4-6,14-15H2,1-3H3,(H,30,31)(H,36,37)/t26-/m0/s1. The highest BCUT2D eigenvalue weighted by Crippen LogP contribution is 2.41. The van der Waals surface area contributed by atoms with Gasteiger partial charge in [0.2, 0.25) is 0 Å². The molecule has 0 aliphatic carbocycles. The molecule has 1 atom stereocenters. The molecule has 3 aromatic heterocycles. The van der Waals surface area contributed by atoms with Gasteiger partial charge < -0.3 is 19.9 Å². The third kappa shape index (κ3) is 4.02. The van der Waals surface area contributed by atoms with E-state index in [4.69, 9.17) is 0 Å². The maximum Gasteiger partial charge on any atom is 0.407 e. The molecule has 1 fully saturated rings. The molecule has 1 aromatic carbocycles. The van der Waals surface area contributed by atoms with Gasteiger partial charge in [0.25, 0.3) is 5.91 Å². The summed E-state index contributed by atoms with van der Waals surface area (Å²) in [6.45, 7) is 7.30. The predicted octanol–water partition coefficient (Wildman–Crippen LogP) is 5.52. The van der Waals surface area contributed by atoms with E-state index in [-0.39, 0.29) is 11.9 Å². The van der Waals surface area contributed by atoms with Gasteiger partial charge in [0.05, 0.1) is 6.04 Å². The zero-order valence-corrected chi connectivity index (χ0v) is 21.2. The van der Waals surface area contributed by atoms with E-state index < -0.39 is 6.09 Å². The minimum atomic E-state index is -0.902. The summed E-state index contributed by atoms with van der Waals surface area (Å²) in [7, 11) is 0. The average molecular weight is 496 g/mol. The van der Waals surface area contributed by atoms with Crippen LogP contribution < -0.4 is 0 Å². The lowest BCUT2D eigenvalue weighted by atomic mass is 9.91. The van der Waals surface area contributed by atoms with E-state index in [2.05, 4.69) is 33.2 Å². The molecule has 2 aliphatic rings. The minimum absolute atomic E-state index is 0.0372. The summed E-state index contributed by atoms with van der Waals surface area (Å²) in [5.74, 6) is -0.0372. The van der Waals surface area contributed by atoms with E-state index in [1.807, 2.05) is 50.2 Å². The predicted molar refractivity (Wildman–Crippen MR) is 140 cm³/mol. The quantitative estimate of drug-likeness (QED) is 0.390. The molecule has 8 heteroatoms. The number of aryl methyl sites for hydroxylation is 3. The SMILES string of the molecule is Cc1cc(C(=O)N2Cc3cc(-c4cnc5[nH]cc(C)c5c4)cc([C@@H]4CCCN4C(=O)O)c3C2)cc(C)n1. The number of aromatic nitrogens is 3. The molecule has 5 heterocycles. The topological polar surface area (TPSA) is 102 Å². The maximum absolute atomic E-state index is 13.5. The van der Waals surface area contributed by atoms with Gasteiger partial charge in [0.15, 0.2) is 0 Å². The molecule has 4 aromatic rings. The number of hydrogen-bond acceptors (Lipinski definition) is 4. The van der Waals surface area contributed by atoms with Crippen LogP contribution in [-0.4, -0.2) is 48.4 Å². The largest absolute Gasteiger partial charge is 0.465 e. The lowest BCUT2D eigenvalue weighted by Gasteiger charge is -2.25. The van der Waals surface area contributed by atoms with Crippen molar-refractivity contribution < 1.29 is 14.7 Å². The molecule has 8 nitrogen and oxygen atoms in total. The van der Waals surface area contributed by atoms with Gasteiger partial charge in [-0.05, 0) is 91.8 Å². The highest BCUT2D eigenvalue weighted by atomic mass is 16.4. The maximum atomic E-state index is 13.5. The molecular weight excluding hydrogens is 466 g/mol. The van der Waals surface area contributed by atoms with Gasteiger partial charge in [-0.1, -0.05) is 0 Å². The number of aromatic amines is 1.